The minimum absolute atomic E-state index is 0.112. The van der Waals surface area contributed by atoms with E-state index in [0.717, 1.165) is 141 Å². The van der Waals surface area contributed by atoms with Gasteiger partial charge in [-0.15, -0.1) is 0 Å². The quantitative estimate of drug-likeness (QED) is 0.0261. The number of carbonyl (C=O) groups is 3. The molecule has 6 heteroatoms. The Bertz CT molecular complexity index is 1790. The lowest BCUT2D eigenvalue weighted by Crippen LogP contribution is -2.30. The second kappa shape index (κ2) is 66.5. The third-order valence-electron chi connectivity index (χ3n) is 13.2. The van der Waals surface area contributed by atoms with E-state index in [-0.39, 0.29) is 31.1 Å². The molecule has 0 N–H and O–H groups in total. The maximum atomic E-state index is 12.9. The van der Waals surface area contributed by atoms with Gasteiger partial charge in [-0.05, 0) is 148 Å². The summed E-state index contributed by atoms with van der Waals surface area (Å²) in [4.78, 5) is 38.3. The molecule has 0 aromatic heterocycles. The zero-order valence-electron chi connectivity index (χ0n) is 51.5. The van der Waals surface area contributed by atoms with Gasteiger partial charge in [-0.3, -0.25) is 14.4 Å². The fraction of sp³-hybridized carbons (Fsp3) is 0.608. The Labute approximate surface area is 492 Å². The highest BCUT2D eigenvalue weighted by atomic mass is 16.6. The van der Waals surface area contributed by atoms with E-state index in [4.69, 9.17) is 14.2 Å². The van der Waals surface area contributed by atoms with E-state index in [1.165, 1.54) is 83.5 Å². The van der Waals surface area contributed by atoms with Crippen molar-refractivity contribution in [3.8, 4) is 0 Å². The van der Waals surface area contributed by atoms with Crippen molar-refractivity contribution in [3.63, 3.8) is 0 Å². The van der Waals surface area contributed by atoms with Crippen LogP contribution in [-0.2, 0) is 28.6 Å². The van der Waals surface area contributed by atoms with Crippen LogP contribution < -0.4 is 0 Å². The van der Waals surface area contributed by atoms with E-state index in [0.29, 0.717) is 25.7 Å². The number of unbranched alkanes of at least 4 members (excludes halogenated alkanes) is 20. The Balaban J connectivity index is 4.46. The monoisotopic (exact) mass is 1100 g/mol. The van der Waals surface area contributed by atoms with Crippen molar-refractivity contribution < 1.29 is 28.6 Å². The van der Waals surface area contributed by atoms with Crippen LogP contribution in [0.15, 0.2) is 158 Å². The zero-order valence-corrected chi connectivity index (χ0v) is 51.5. The molecule has 0 fully saturated rings. The summed E-state index contributed by atoms with van der Waals surface area (Å²) >= 11 is 0. The molecule has 1 atom stereocenters. The number of ether oxygens (including phenoxy) is 3. The molecule has 0 saturated carbocycles. The predicted molar refractivity (Wildman–Crippen MR) is 348 cm³/mol. The maximum absolute atomic E-state index is 12.9. The molecule has 0 aromatic carbocycles. The van der Waals surface area contributed by atoms with Gasteiger partial charge in [0.1, 0.15) is 13.2 Å². The molecule has 0 heterocycles. The van der Waals surface area contributed by atoms with Crippen molar-refractivity contribution in [2.24, 2.45) is 0 Å². The Kier molecular flexibility index (Phi) is 62.4. The second-order valence-electron chi connectivity index (χ2n) is 20.9. The summed E-state index contributed by atoms with van der Waals surface area (Å²) in [5.74, 6) is -0.983. The van der Waals surface area contributed by atoms with E-state index in [9.17, 15) is 14.4 Å². The normalized spacial score (nSPS) is 13.2. The van der Waals surface area contributed by atoms with Crippen molar-refractivity contribution in [2.75, 3.05) is 13.2 Å². The predicted octanol–water partition coefficient (Wildman–Crippen LogP) is 22.5. The molecular formula is C74H118O6. The van der Waals surface area contributed by atoms with Gasteiger partial charge in [-0.1, -0.05) is 262 Å². The fourth-order valence-electron chi connectivity index (χ4n) is 8.44. The third-order valence-corrected chi connectivity index (χ3v) is 13.2. The van der Waals surface area contributed by atoms with Crippen LogP contribution in [0.4, 0.5) is 0 Å². The molecule has 0 spiro atoms. The Morgan fingerprint density at radius 2 is 0.487 bits per heavy atom. The van der Waals surface area contributed by atoms with Crippen LogP contribution in [0.5, 0.6) is 0 Å². The smallest absolute Gasteiger partial charge is 0.306 e. The van der Waals surface area contributed by atoms with Gasteiger partial charge in [0.2, 0.25) is 0 Å². The maximum Gasteiger partial charge on any atom is 0.306 e. The van der Waals surface area contributed by atoms with Gasteiger partial charge in [0.15, 0.2) is 6.10 Å². The highest BCUT2D eigenvalue weighted by molar-refractivity contribution is 5.71. The Morgan fingerprint density at radius 1 is 0.263 bits per heavy atom. The number of esters is 3. The molecule has 450 valence electrons. The van der Waals surface area contributed by atoms with E-state index in [2.05, 4.69) is 179 Å². The van der Waals surface area contributed by atoms with Crippen LogP contribution in [-0.4, -0.2) is 37.2 Å². The molecule has 0 bridgehead atoms. The van der Waals surface area contributed by atoms with E-state index in [1.807, 2.05) is 0 Å². The summed E-state index contributed by atoms with van der Waals surface area (Å²) in [5, 5.41) is 0. The first-order valence-electron chi connectivity index (χ1n) is 32.5. The first-order chi connectivity index (χ1) is 39.5. The zero-order chi connectivity index (χ0) is 57.8. The van der Waals surface area contributed by atoms with Crippen molar-refractivity contribution in [3.05, 3.63) is 158 Å². The minimum atomic E-state index is -0.817. The molecule has 0 rings (SSSR count). The number of allylic oxidation sites excluding steroid dienone is 26. The van der Waals surface area contributed by atoms with Gasteiger partial charge in [-0.2, -0.15) is 0 Å². The summed E-state index contributed by atoms with van der Waals surface area (Å²) < 4.78 is 16.9. The van der Waals surface area contributed by atoms with Gasteiger partial charge in [0, 0.05) is 19.3 Å². The van der Waals surface area contributed by atoms with Crippen LogP contribution >= 0.6 is 0 Å². The molecule has 0 aliphatic carbocycles. The summed E-state index contributed by atoms with van der Waals surface area (Å²) in [7, 11) is 0. The summed E-state index contributed by atoms with van der Waals surface area (Å²) in [6.45, 7) is 6.35. The lowest BCUT2D eigenvalue weighted by molar-refractivity contribution is -0.167. The largest absolute Gasteiger partial charge is 0.462 e. The molecule has 0 radical (unpaired) electrons. The number of rotatable bonds is 57. The van der Waals surface area contributed by atoms with Crippen LogP contribution in [0.25, 0.3) is 0 Å². The number of carbonyl (C=O) groups excluding carboxylic acids is 3. The number of hydrogen-bond donors (Lipinski definition) is 0. The Morgan fingerprint density at radius 3 is 0.800 bits per heavy atom. The molecule has 0 aromatic rings. The first-order valence-corrected chi connectivity index (χ1v) is 32.5. The molecule has 6 nitrogen and oxygen atoms in total. The molecular weight excluding hydrogens is 985 g/mol. The van der Waals surface area contributed by atoms with Crippen molar-refractivity contribution >= 4 is 17.9 Å². The highest BCUT2D eigenvalue weighted by Crippen LogP contribution is 2.14. The van der Waals surface area contributed by atoms with Gasteiger partial charge < -0.3 is 14.2 Å². The van der Waals surface area contributed by atoms with E-state index < -0.39 is 6.10 Å². The lowest BCUT2D eigenvalue weighted by atomic mass is 10.1. The summed E-state index contributed by atoms with van der Waals surface area (Å²) in [5.41, 5.74) is 0. The van der Waals surface area contributed by atoms with E-state index in [1.54, 1.807) is 0 Å². The number of hydrogen-bond acceptors (Lipinski definition) is 6. The van der Waals surface area contributed by atoms with Crippen LogP contribution in [0.3, 0.4) is 0 Å². The molecule has 0 aliphatic heterocycles. The fourth-order valence-corrected chi connectivity index (χ4v) is 8.44. The molecule has 80 heavy (non-hydrogen) atoms. The summed E-state index contributed by atoms with van der Waals surface area (Å²) in [6, 6.07) is 0. The van der Waals surface area contributed by atoms with Crippen molar-refractivity contribution in [1.82, 2.24) is 0 Å². The van der Waals surface area contributed by atoms with Crippen molar-refractivity contribution in [1.29, 1.82) is 0 Å². The topological polar surface area (TPSA) is 78.9 Å². The van der Waals surface area contributed by atoms with Gasteiger partial charge in [0.05, 0.1) is 0 Å². The average Bonchev–Trinajstić information content (AvgIpc) is 3.46. The summed E-state index contributed by atoms with van der Waals surface area (Å²) in [6.07, 6.45) is 96.8. The molecule has 1 unspecified atom stereocenters. The van der Waals surface area contributed by atoms with Crippen LogP contribution in [0.2, 0.25) is 0 Å². The molecule has 0 saturated heterocycles. The van der Waals surface area contributed by atoms with E-state index >= 15 is 0 Å². The van der Waals surface area contributed by atoms with Crippen molar-refractivity contribution in [2.45, 2.75) is 277 Å². The SMILES string of the molecule is CC/C=C\C/C=C\C/C=C\C/C=C\C/C=C\C/C=C\C/C=C\C/C=C\CCCCCCC(=O)OCC(COC(=O)CCCC/C=C\C/C=C\C/C=C\C/C=C\CC)OC(=O)CCCCCCCCC/C=C\CCCCCCCCC. The lowest BCUT2D eigenvalue weighted by Gasteiger charge is -2.18. The van der Waals surface area contributed by atoms with Crippen LogP contribution in [0.1, 0.15) is 271 Å². The molecule has 0 amide bonds. The first kappa shape index (κ1) is 75.0. The minimum Gasteiger partial charge on any atom is -0.462 e. The highest BCUT2D eigenvalue weighted by Gasteiger charge is 2.19. The van der Waals surface area contributed by atoms with Gasteiger partial charge >= 0.3 is 17.9 Å². The van der Waals surface area contributed by atoms with Crippen LogP contribution in [0, 0.1) is 0 Å². The molecule has 0 aliphatic rings. The van der Waals surface area contributed by atoms with Gasteiger partial charge in [-0.25, -0.2) is 0 Å². The second-order valence-corrected chi connectivity index (χ2v) is 20.9. The Hall–Kier alpha value is -4.97. The average molecular weight is 1100 g/mol. The standard InChI is InChI=1S/C74H118O6/c1-4-7-10-13-16-19-22-25-28-30-32-33-34-35-36-37-38-39-40-41-42-44-46-49-52-55-58-61-64-67-73(76)79-70-71(69-78-72(75)66-63-60-57-54-51-48-45-27-24-21-18-15-12-9-6-3)80-74(77)68-65-62-59-56-53-50-47-43-31-29-26-23-20-17-14-11-8-5-2/h7,9-10,12,16,18-19,21,25,27-29,31-33,35-36,38-39,41-42,45-46,49,51,54,71H,4-6,8,11,13-15,17,20,22-24,26,30,34,37,40,43-44,47-48,50,52-53,55-70H2,1-3H3/b10-7-,12-9-,19-16-,21-18-,28-25-,31-29-,33-32-,36-35-,39-38-,42-41-,45-27-,49-46-,54-51-. The third kappa shape index (κ3) is 63.9. The van der Waals surface area contributed by atoms with Gasteiger partial charge in [0.25, 0.3) is 0 Å².